The maximum absolute atomic E-state index is 9.67. The quantitative estimate of drug-likeness (QED) is 0.836. The third kappa shape index (κ3) is 3.81. The number of aliphatic hydroxyl groups excluding tert-OH is 1. The van der Waals surface area contributed by atoms with E-state index in [1.807, 2.05) is 24.3 Å². The van der Waals surface area contributed by atoms with Crippen molar-refractivity contribution in [3.63, 3.8) is 0 Å². The van der Waals surface area contributed by atoms with E-state index >= 15 is 0 Å². The first kappa shape index (κ1) is 16.2. The topological polar surface area (TPSA) is 38.7 Å². The van der Waals surface area contributed by atoms with Gasteiger partial charge < -0.3 is 14.3 Å². The Hall–Kier alpha value is -0.843. The van der Waals surface area contributed by atoms with Crippen LogP contribution in [-0.4, -0.2) is 27.1 Å². The van der Waals surface area contributed by atoms with Crippen LogP contribution in [0.5, 0.6) is 5.75 Å². The molecule has 0 saturated heterocycles. The average Bonchev–Trinajstić information content (AvgIpc) is 2.34. The van der Waals surface area contributed by atoms with Crippen molar-refractivity contribution in [1.29, 1.82) is 0 Å². The Labute approximate surface area is 117 Å². The first-order valence-electron chi connectivity index (χ1n) is 6.64. The molecule has 1 aromatic carbocycles. The number of ether oxygens (including phenoxy) is 1. The number of hydrogen-bond acceptors (Lipinski definition) is 3. The Morgan fingerprint density at radius 1 is 1.21 bits per heavy atom. The van der Waals surface area contributed by atoms with E-state index in [2.05, 4.69) is 33.9 Å². The smallest absolute Gasteiger partial charge is 0.193 e. The van der Waals surface area contributed by atoms with E-state index in [0.717, 1.165) is 11.3 Å². The first-order valence-corrected chi connectivity index (χ1v) is 9.55. The minimum atomic E-state index is -1.92. The zero-order valence-electron chi connectivity index (χ0n) is 12.9. The van der Waals surface area contributed by atoms with Gasteiger partial charge in [0.1, 0.15) is 5.75 Å². The summed E-state index contributed by atoms with van der Waals surface area (Å²) in [7, 11) is -0.284. The largest absolute Gasteiger partial charge is 0.496 e. The number of para-hydroxylation sites is 1. The third-order valence-corrected chi connectivity index (χ3v) is 8.38. The average molecular weight is 282 g/mol. The highest BCUT2D eigenvalue weighted by Crippen LogP contribution is 2.40. The highest BCUT2D eigenvalue weighted by molar-refractivity contribution is 6.74. The van der Waals surface area contributed by atoms with Crippen molar-refractivity contribution in [2.45, 2.75) is 45.0 Å². The molecule has 108 valence electrons. The summed E-state index contributed by atoms with van der Waals surface area (Å²) in [6.07, 6.45) is -0.322. The molecular formula is C15H26O3Si. The lowest BCUT2D eigenvalue weighted by Crippen LogP contribution is -2.42. The normalized spacial score (nSPS) is 14.3. The maximum atomic E-state index is 9.67. The van der Waals surface area contributed by atoms with Crippen molar-refractivity contribution in [3.05, 3.63) is 29.8 Å². The van der Waals surface area contributed by atoms with Crippen molar-refractivity contribution in [1.82, 2.24) is 0 Å². The second kappa shape index (κ2) is 6.07. The molecule has 0 aliphatic heterocycles. The van der Waals surface area contributed by atoms with Crippen LogP contribution in [-0.2, 0) is 4.43 Å². The molecule has 3 nitrogen and oxygen atoms in total. The van der Waals surface area contributed by atoms with Gasteiger partial charge in [0.25, 0.3) is 0 Å². The van der Waals surface area contributed by atoms with E-state index in [1.54, 1.807) is 7.11 Å². The summed E-state index contributed by atoms with van der Waals surface area (Å²) in [5.74, 6) is 0.764. The fourth-order valence-electron chi connectivity index (χ4n) is 1.66. The van der Waals surface area contributed by atoms with Crippen molar-refractivity contribution in [3.8, 4) is 5.75 Å². The zero-order chi connectivity index (χ0) is 14.7. The Morgan fingerprint density at radius 2 is 1.79 bits per heavy atom. The Morgan fingerprint density at radius 3 is 2.26 bits per heavy atom. The third-order valence-electron chi connectivity index (χ3n) is 3.89. The predicted octanol–water partition coefficient (Wildman–Crippen LogP) is 3.75. The molecule has 0 amide bonds. The van der Waals surface area contributed by atoms with Gasteiger partial charge in [-0.1, -0.05) is 39.0 Å². The number of benzene rings is 1. The molecule has 1 rings (SSSR count). The SMILES string of the molecule is COc1ccccc1C(CO)O[Si](C)(C)C(C)(C)C. The number of aliphatic hydroxyl groups is 1. The van der Waals surface area contributed by atoms with Crippen LogP contribution in [0.1, 0.15) is 32.4 Å². The lowest BCUT2D eigenvalue weighted by atomic mass is 10.1. The Bertz CT molecular complexity index is 410. The van der Waals surface area contributed by atoms with Gasteiger partial charge in [-0.25, -0.2) is 0 Å². The maximum Gasteiger partial charge on any atom is 0.193 e. The molecule has 0 aromatic heterocycles. The molecular weight excluding hydrogens is 256 g/mol. The second-order valence-electron chi connectivity index (χ2n) is 6.29. The summed E-state index contributed by atoms with van der Waals surface area (Å²) in [5, 5.41) is 9.78. The molecule has 1 unspecified atom stereocenters. The van der Waals surface area contributed by atoms with Crippen LogP contribution in [0, 0.1) is 0 Å². The molecule has 0 spiro atoms. The molecule has 1 N–H and O–H groups in total. The molecule has 0 fully saturated rings. The molecule has 0 aliphatic rings. The van der Waals surface area contributed by atoms with Gasteiger partial charge >= 0.3 is 0 Å². The van der Waals surface area contributed by atoms with Crippen LogP contribution in [0.4, 0.5) is 0 Å². The van der Waals surface area contributed by atoms with Crippen molar-refractivity contribution in [2.75, 3.05) is 13.7 Å². The Kier molecular flexibility index (Phi) is 5.18. The zero-order valence-corrected chi connectivity index (χ0v) is 13.9. The van der Waals surface area contributed by atoms with E-state index < -0.39 is 8.32 Å². The van der Waals surface area contributed by atoms with Crippen molar-refractivity contribution >= 4 is 8.32 Å². The van der Waals surface area contributed by atoms with Gasteiger partial charge in [0.05, 0.1) is 19.8 Å². The molecule has 1 aromatic rings. The second-order valence-corrected chi connectivity index (χ2v) is 11.0. The fraction of sp³-hybridized carbons (Fsp3) is 0.600. The van der Waals surface area contributed by atoms with E-state index in [0.29, 0.717) is 0 Å². The number of rotatable bonds is 5. The fourth-order valence-corrected chi connectivity index (χ4v) is 2.93. The van der Waals surface area contributed by atoms with Gasteiger partial charge in [0.2, 0.25) is 0 Å². The van der Waals surface area contributed by atoms with Crippen LogP contribution < -0.4 is 4.74 Å². The van der Waals surface area contributed by atoms with Gasteiger partial charge in [-0.3, -0.25) is 0 Å². The summed E-state index contributed by atoms with van der Waals surface area (Å²) in [4.78, 5) is 0. The summed E-state index contributed by atoms with van der Waals surface area (Å²) < 4.78 is 11.6. The van der Waals surface area contributed by atoms with Crippen LogP contribution >= 0.6 is 0 Å². The van der Waals surface area contributed by atoms with E-state index in [1.165, 1.54) is 0 Å². The van der Waals surface area contributed by atoms with Crippen LogP contribution in [0.3, 0.4) is 0 Å². The molecule has 19 heavy (non-hydrogen) atoms. The van der Waals surface area contributed by atoms with Gasteiger partial charge in [0, 0.05) is 5.56 Å². The summed E-state index contributed by atoms with van der Waals surface area (Å²) in [5.41, 5.74) is 0.914. The molecule has 0 radical (unpaired) electrons. The molecule has 0 bridgehead atoms. The van der Waals surface area contributed by atoms with E-state index in [9.17, 15) is 5.11 Å². The number of hydrogen-bond donors (Lipinski definition) is 1. The van der Waals surface area contributed by atoms with Gasteiger partial charge in [-0.05, 0) is 24.2 Å². The lowest BCUT2D eigenvalue weighted by Gasteiger charge is -2.39. The van der Waals surface area contributed by atoms with Gasteiger partial charge in [0.15, 0.2) is 8.32 Å². The summed E-state index contributed by atoms with van der Waals surface area (Å²) in [6.45, 7) is 10.9. The predicted molar refractivity (Wildman–Crippen MR) is 81.1 cm³/mol. The molecule has 0 saturated carbocycles. The Balaban J connectivity index is 3.02. The van der Waals surface area contributed by atoms with Crippen LogP contribution in [0.25, 0.3) is 0 Å². The van der Waals surface area contributed by atoms with Crippen molar-refractivity contribution in [2.24, 2.45) is 0 Å². The van der Waals surface area contributed by atoms with Crippen molar-refractivity contribution < 1.29 is 14.3 Å². The molecule has 1 atom stereocenters. The molecule has 4 heteroatoms. The van der Waals surface area contributed by atoms with E-state index in [4.69, 9.17) is 9.16 Å². The van der Waals surface area contributed by atoms with Gasteiger partial charge in [-0.15, -0.1) is 0 Å². The first-order chi connectivity index (χ1) is 8.73. The molecule has 0 heterocycles. The monoisotopic (exact) mass is 282 g/mol. The van der Waals surface area contributed by atoms with E-state index in [-0.39, 0.29) is 17.7 Å². The van der Waals surface area contributed by atoms with Gasteiger partial charge in [-0.2, -0.15) is 0 Å². The lowest BCUT2D eigenvalue weighted by molar-refractivity contribution is 0.101. The van der Waals surface area contributed by atoms with Crippen LogP contribution in [0.15, 0.2) is 24.3 Å². The minimum absolute atomic E-state index is 0.0348. The minimum Gasteiger partial charge on any atom is -0.496 e. The standard InChI is InChI=1S/C15H26O3Si/c1-15(2,3)19(5,6)18-14(11-16)12-9-7-8-10-13(12)17-4/h7-10,14,16H,11H2,1-6H3. The number of methoxy groups -OCH3 is 1. The highest BCUT2D eigenvalue weighted by Gasteiger charge is 2.39. The summed E-state index contributed by atoms with van der Waals surface area (Å²) in [6, 6.07) is 7.71. The molecule has 0 aliphatic carbocycles. The highest BCUT2D eigenvalue weighted by atomic mass is 28.4. The van der Waals surface area contributed by atoms with Crippen LogP contribution in [0.2, 0.25) is 18.1 Å². The summed E-state index contributed by atoms with van der Waals surface area (Å²) >= 11 is 0.